The molecule has 19 heavy (non-hydrogen) atoms. The molecule has 1 aliphatic rings. The van der Waals surface area contributed by atoms with Crippen LogP contribution in [-0.2, 0) is 0 Å². The van der Waals surface area contributed by atoms with Crippen LogP contribution in [0.5, 0.6) is 0 Å². The number of hydrogen-bond acceptors (Lipinski definition) is 3. The average Bonchev–Trinajstić information content (AvgIpc) is 3.21. The number of halogens is 1. The molecule has 1 aromatic heterocycles. The van der Waals surface area contributed by atoms with Gasteiger partial charge in [-0.05, 0) is 37.5 Å². The molecule has 0 saturated heterocycles. The number of rotatable bonds is 2. The summed E-state index contributed by atoms with van der Waals surface area (Å²) in [6.45, 7) is 2.03. The van der Waals surface area contributed by atoms with Crippen LogP contribution in [0.4, 0.5) is 11.4 Å². The molecule has 0 radical (unpaired) electrons. The molecule has 3 N–H and O–H groups in total. The maximum Gasteiger partial charge on any atom is 0.276 e. The summed E-state index contributed by atoms with van der Waals surface area (Å²) >= 11 is 3.54. The topological polar surface area (TPSA) is 60.0 Å². The third-order valence-electron chi connectivity index (χ3n) is 3.76. The quantitative estimate of drug-likeness (QED) is 0.893. The fraction of sp³-hybridized carbons (Fsp3) is 0.357. The molecule has 1 aromatic carbocycles. The molecule has 0 aliphatic heterocycles. The summed E-state index contributed by atoms with van der Waals surface area (Å²) in [5.41, 5.74) is 9.03. The monoisotopic (exact) mass is 321 g/mol. The van der Waals surface area contributed by atoms with Crippen molar-refractivity contribution in [1.82, 2.24) is 4.57 Å². The smallest absolute Gasteiger partial charge is 0.276 e. The first-order valence-electron chi connectivity index (χ1n) is 6.36. The van der Waals surface area contributed by atoms with Crippen LogP contribution in [0.1, 0.15) is 24.4 Å². The van der Waals surface area contributed by atoms with Crippen molar-refractivity contribution < 1.29 is 0 Å². The first-order chi connectivity index (χ1) is 9.06. The van der Waals surface area contributed by atoms with Gasteiger partial charge < -0.3 is 15.6 Å². The normalized spacial score (nSPS) is 14.9. The standard InChI is InChI=1S/C14H16BrN3O/c1-7-10(15)6-5-9-12(17-2)11(16)14(19)18(13(7)9)8-3-4-8/h5-6,8,17H,3-4,16H2,1-2H3. The highest BCUT2D eigenvalue weighted by molar-refractivity contribution is 9.10. The molecule has 0 unspecified atom stereocenters. The van der Waals surface area contributed by atoms with E-state index in [1.807, 2.05) is 23.6 Å². The number of nitrogen functional groups attached to an aromatic ring is 1. The number of nitrogens with zero attached hydrogens (tertiary/aromatic N) is 1. The van der Waals surface area contributed by atoms with E-state index in [9.17, 15) is 4.79 Å². The van der Waals surface area contributed by atoms with Crippen molar-refractivity contribution in [2.75, 3.05) is 18.1 Å². The van der Waals surface area contributed by atoms with Crippen molar-refractivity contribution in [2.45, 2.75) is 25.8 Å². The second-order valence-corrected chi connectivity index (χ2v) is 5.87. The maximum absolute atomic E-state index is 12.5. The Kier molecular flexibility index (Phi) is 2.82. The molecule has 1 heterocycles. The number of hydrogen-bond donors (Lipinski definition) is 2. The lowest BCUT2D eigenvalue weighted by molar-refractivity contribution is 0.740. The van der Waals surface area contributed by atoms with Crippen LogP contribution in [0.15, 0.2) is 21.4 Å². The molecule has 3 rings (SSSR count). The number of benzene rings is 1. The number of anilines is 2. The molecular formula is C14H16BrN3O. The van der Waals surface area contributed by atoms with Crippen LogP contribution in [-0.4, -0.2) is 11.6 Å². The van der Waals surface area contributed by atoms with Crippen molar-refractivity contribution in [3.8, 4) is 0 Å². The molecule has 4 nitrogen and oxygen atoms in total. The second-order valence-electron chi connectivity index (χ2n) is 5.01. The van der Waals surface area contributed by atoms with Crippen molar-refractivity contribution >= 4 is 38.2 Å². The van der Waals surface area contributed by atoms with E-state index in [1.54, 1.807) is 7.05 Å². The number of nitrogens with one attached hydrogen (secondary N) is 1. The van der Waals surface area contributed by atoms with Crippen molar-refractivity contribution in [2.24, 2.45) is 0 Å². The summed E-state index contributed by atoms with van der Waals surface area (Å²) in [5, 5.41) is 4.07. The summed E-state index contributed by atoms with van der Waals surface area (Å²) in [7, 11) is 1.80. The SMILES string of the molecule is CNc1c(N)c(=O)n(C2CC2)c2c(C)c(Br)ccc12. The lowest BCUT2D eigenvalue weighted by atomic mass is 10.1. The van der Waals surface area contributed by atoms with Gasteiger partial charge in [0.2, 0.25) is 0 Å². The number of nitrogens with two attached hydrogens (primary N) is 1. The van der Waals surface area contributed by atoms with Gasteiger partial charge in [-0.2, -0.15) is 0 Å². The third-order valence-corrected chi connectivity index (χ3v) is 4.61. The van der Waals surface area contributed by atoms with Gasteiger partial charge in [-0.1, -0.05) is 15.9 Å². The maximum atomic E-state index is 12.5. The Balaban J connectivity index is 2.55. The molecule has 1 fully saturated rings. The Hall–Kier alpha value is -1.49. The van der Waals surface area contributed by atoms with Gasteiger partial charge in [0, 0.05) is 22.9 Å². The van der Waals surface area contributed by atoms with Gasteiger partial charge in [0.1, 0.15) is 5.69 Å². The summed E-state index contributed by atoms with van der Waals surface area (Å²) < 4.78 is 2.88. The van der Waals surface area contributed by atoms with E-state index in [0.717, 1.165) is 39.5 Å². The van der Waals surface area contributed by atoms with Crippen LogP contribution in [0, 0.1) is 6.92 Å². The lowest BCUT2D eigenvalue weighted by Gasteiger charge is -2.17. The summed E-state index contributed by atoms with van der Waals surface area (Å²) in [4.78, 5) is 12.5. The molecule has 0 spiro atoms. The highest BCUT2D eigenvalue weighted by atomic mass is 79.9. The van der Waals surface area contributed by atoms with Crippen LogP contribution < -0.4 is 16.6 Å². The average molecular weight is 322 g/mol. The van der Waals surface area contributed by atoms with Crippen LogP contribution >= 0.6 is 15.9 Å². The molecular weight excluding hydrogens is 306 g/mol. The van der Waals surface area contributed by atoms with E-state index in [1.165, 1.54) is 0 Å². The van der Waals surface area contributed by atoms with Gasteiger partial charge in [-0.25, -0.2) is 0 Å². The van der Waals surface area contributed by atoms with Gasteiger partial charge in [0.25, 0.3) is 5.56 Å². The minimum Gasteiger partial charge on any atom is -0.393 e. The van der Waals surface area contributed by atoms with Gasteiger partial charge in [-0.15, -0.1) is 0 Å². The van der Waals surface area contributed by atoms with Gasteiger partial charge >= 0.3 is 0 Å². The van der Waals surface area contributed by atoms with E-state index in [2.05, 4.69) is 21.2 Å². The van der Waals surface area contributed by atoms with E-state index < -0.39 is 0 Å². The minimum atomic E-state index is -0.0828. The molecule has 1 saturated carbocycles. The van der Waals surface area contributed by atoms with E-state index >= 15 is 0 Å². The van der Waals surface area contributed by atoms with Gasteiger partial charge in [-0.3, -0.25) is 4.79 Å². The Bertz CT molecular complexity index is 732. The molecule has 0 atom stereocenters. The fourth-order valence-corrected chi connectivity index (χ4v) is 2.94. The molecule has 1 aliphatic carbocycles. The summed E-state index contributed by atoms with van der Waals surface area (Å²) in [6, 6.07) is 4.31. The van der Waals surface area contributed by atoms with E-state index in [-0.39, 0.29) is 5.56 Å². The largest absolute Gasteiger partial charge is 0.393 e. The highest BCUT2D eigenvalue weighted by Gasteiger charge is 2.29. The first-order valence-corrected chi connectivity index (χ1v) is 7.16. The number of pyridine rings is 1. The Labute approximate surface area is 119 Å². The zero-order chi connectivity index (χ0) is 13.7. The van der Waals surface area contributed by atoms with Crippen molar-refractivity contribution in [3.63, 3.8) is 0 Å². The Morgan fingerprint density at radius 3 is 2.68 bits per heavy atom. The fourth-order valence-electron chi connectivity index (χ4n) is 2.62. The van der Waals surface area contributed by atoms with Crippen molar-refractivity contribution in [3.05, 3.63) is 32.5 Å². The van der Waals surface area contributed by atoms with Crippen molar-refractivity contribution in [1.29, 1.82) is 0 Å². The lowest BCUT2D eigenvalue weighted by Crippen LogP contribution is -2.24. The number of fused-ring (bicyclic) bond motifs is 1. The third kappa shape index (κ3) is 1.75. The van der Waals surface area contributed by atoms with E-state index in [0.29, 0.717) is 11.7 Å². The number of aryl methyl sites for hydroxylation is 1. The molecule has 0 amide bonds. The minimum absolute atomic E-state index is 0.0828. The first kappa shape index (κ1) is 12.5. The van der Waals surface area contributed by atoms with Crippen LogP contribution in [0.3, 0.4) is 0 Å². The van der Waals surface area contributed by atoms with E-state index in [4.69, 9.17) is 5.73 Å². The predicted molar refractivity (Wildman–Crippen MR) is 82.9 cm³/mol. The predicted octanol–water partition coefficient (Wildman–Crippen LogP) is 3.03. The zero-order valence-corrected chi connectivity index (χ0v) is 12.5. The molecule has 2 aromatic rings. The second kappa shape index (κ2) is 4.27. The molecule has 100 valence electrons. The summed E-state index contributed by atoms with van der Waals surface area (Å²) in [6.07, 6.45) is 2.11. The number of aromatic nitrogens is 1. The van der Waals surface area contributed by atoms with Crippen LogP contribution in [0.2, 0.25) is 0 Å². The summed E-state index contributed by atoms with van der Waals surface area (Å²) in [5.74, 6) is 0. The zero-order valence-electron chi connectivity index (χ0n) is 11.0. The van der Waals surface area contributed by atoms with Gasteiger partial charge in [0.15, 0.2) is 0 Å². The Morgan fingerprint density at radius 2 is 2.11 bits per heavy atom. The van der Waals surface area contributed by atoms with Gasteiger partial charge in [0.05, 0.1) is 11.2 Å². The molecule has 5 heteroatoms. The highest BCUT2D eigenvalue weighted by Crippen LogP contribution is 2.40. The molecule has 0 bridgehead atoms. The Morgan fingerprint density at radius 1 is 1.42 bits per heavy atom. The van der Waals surface area contributed by atoms with Crippen LogP contribution in [0.25, 0.3) is 10.9 Å².